The fourth-order valence-electron chi connectivity index (χ4n) is 2.32. The van der Waals surface area contributed by atoms with Crippen LogP contribution in [0.1, 0.15) is 36.9 Å². The molecule has 1 amide bonds. The topological polar surface area (TPSA) is 81.1 Å². The van der Waals surface area contributed by atoms with Gasteiger partial charge in [-0.05, 0) is 31.4 Å². The summed E-state index contributed by atoms with van der Waals surface area (Å²) in [5.41, 5.74) is 5.42. The van der Waals surface area contributed by atoms with Crippen LogP contribution in [-0.2, 0) is 0 Å². The molecule has 1 unspecified atom stereocenters. The smallest absolute Gasteiger partial charge is 0.263 e. The largest absolute Gasteiger partial charge is 0.462 e. The van der Waals surface area contributed by atoms with Gasteiger partial charge in [-0.2, -0.15) is 0 Å². The molecule has 0 aliphatic rings. The molecule has 0 fully saturated rings. The lowest BCUT2D eigenvalue weighted by atomic mass is 9.90. The van der Waals surface area contributed by atoms with Crippen molar-refractivity contribution in [3.05, 3.63) is 29.5 Å². The molecule has 0 aliphatic carbocycles. The maximum atomic E-state index is 12.4. The van der Waals surface area contributed by atoms with Gasteiger partial charge in [0.25, 0.3) is 5.91 Å². The van der Waals surface area contributed by atoms with E-state index in [1.54, 1.807) is 18.5 Å². The Morgan fingerprint density at radius 3 is 2.90 bits per heavy atom. The van der Waals surface area contributed by atoms with Crippen LogP contribution >= 0.6 is 11.3 Å². The maximum absolute atomic E-state index is 12.4. The highest BCUT2D eigenvalue weighted by atomic mass is 32.1. The Hall–Kier alpha value is -1.66. The zero-order valence-corrected chi connectivity index (χ0v) is 13.4. The molecule has 0 aromatic carbocycles. The molecule has 5 nitrogen and oxygen atoms in total. The highest BCUT2D eigenvalue weighted by molar-refractivity contribution is 7.16. The van der Waals surface area contributed by atoms with Crippen LogP contribution in [0.5, 0.6) is 0 Å². The quantitative estimate of drug-likeness (QED) is 0.860. The van der Waals surface area contributed by atoms with Gasteiger partial charge >= 0.3 is 0 Å². The average Bonchev–Trinajstić information content (AvgIpc) is 3.08. The molecule has 2 heterocycles. The first-order valence-electron chi connectivity index (χ1n) is 6.96. The zero-order valence-electron chi connectivity index (χ0n) is 12.6. The van der Waals surface area contributed by atoms with Gasteiger partial charge in [-0.25, -0.2) is 4.98 Å². The summed E-state index contributed by atoms with van der Waals surface area (Å²) in [4.78, 5) is 17.1. The number of aromatic nitrogens is 1. The normalized spacial score (nSPS) is 14.1. The molecule has 3 N–H and O–H groups in total. The minimum atomic E-state index is -0.403. The van der Waals surface area contributed by atoms with Gasteiger partial charge in [0, 0.05) is 6.54 Å². The number of rotatable bonds is 6. The number of furan rings is 1. The molecular formula is C15H21N3O2S. The fraction of sp³-hybridized carbons (Fsp3) is 0.467. The van der Waals surface area contributed by atoms with Gasteiger partial charge < -0.3 is 15.5 Å². The van der Waals surface area contributed by atoms with Crippen molar-refractivity contribution in [3.63, 3.8) is 0 Å². The van der Waals surface area contributed by atoms with Gasteiger partial charge in [0.2, 0.25) is 0 Å². The maximum Gasteiger partial charge on any atom is 0.263 e. The number of hydrogen-bond donors (Lipinski definition) is 2. The van der Waals surface area contributed by atoms with E-state index in [4.69, 9.17) is 10.2 Å². The molecule has 2 aromatic heterocycles. The van der Waals surface area contributed by atoms with Gasteiger partial charge in [0.1, 0.15) is 4.88 Å². The summed E-state index contributed by atoms with van der Waals surface area (Å²) in [5.74, 6) is 0.987. The van der Waals surface area contributed by atoms with E-state index < -0.39 is 5.54 Å². The summed E-state index contributed by atoms with van der Waals surface area (Å²) < 4.78 is 5.28. The molecule has 114 valence electrons. The van der Waals surface area contributed by atoms with E-state index in [1.165, 1.54) is 11.3 Å². The molecule has 0 spiro atoms. The first kappa shape index (κ1) is 15.7. The number of thiazole rings is 1. The van der Waals surface area contributed by atoms with Crippen LogP contribution in [0, 0.1) is 5.92 Å². The van der Waals surface area contributed by atoms with Gasteiger partial charge in [-0.1, -0.05) is 13.8 Å². The molecule has 0 saturated carbocycles. The molecule has 6 heteroatoms. The van der Waals surface area contributed by atoms with Gasteiger partial charge in [0.05, 0.1) is 18.0 Å². The highest BCUT2D eigenvalue weighted by Gasteiger charge is 2.27. The summed E-state index contributed by atoms with van der Waals surface area (Å²) in [6.07, 6.45) is 3.99. The van der Waals surface area contributed by atoms with E-state index in [-0.39, 0.29) is 5.91 Å². The molecular weight excluding hydrogens is 286 g/mol. The van der Waals surface area contributed by atoms with E-state index in [0.29, 0.717) is 28.1 Å². The van der Waals surface area contributed by atoms with Crippen molar-refractivity contribution in [3.8, 4) is 10.8 Å². The van der Waals surface area contributed by atoms with E-state index in [2.05, 4.69) is 24.1 Å². The number of nitrogens with one attached hydrogen (secondary N) is 1. The fourth-order valence-corrected chi connectivity index (χ4v) is 3.09. The number of nitrogens with zero attached hydrogens (tertiary/aromatic N) is 1. The Kier molecular flexibility index (Phi) is 4.80. The van der Waals surface area contributed by atoms with Crippen LogP contribution in [0.2, 0.25) is 0 Å². The molecule has 2 rings (SSSR count). The van der Waals surface area contributed by atoms with E-state index in [0.717, 1.165) is 6.42 Å². The Labute approximate surface area is 128 Å². The summed E-state index contributed by atoms with van der Waals surface area (Å²) in [6.45, 7) is 6.60. The number of carbonyl (C=O) groups excluding carboxylic acids is 1. The van der Waals surface area contributed by atoms with Gasteiger partial charge in [-0.3, -0.25) is 4.79 Å². The lowest BCUT2D eigenvalue weighted by Crippen LogP contribution is -2.52. The van der Waals surface area contributed by atoms with Crippen LogP contribution in [-0.4, -0.2) is 23.0 Å². The second kappa shape index (κ2) is 6.41. The number of carbonyl (C=O) groups is 1. The van der Waals surface area contributed by atoms with Crippen molar-refractivity contribution in [1.82, 2.24) is 10.3 Å². The number of amides is 1. The number of nitrogens with two attached hydrogens (primary N) is 1. The van der Waals surface area contributed by atoms with E-state index >= 15 is 0 Å². The molecule has 2 aromatic rings. The van der Waals surface area contributed by atoms with Crippen LogP contribution in [0.25, 0.3) is 10.8 Å². The summed E-state index contributed by atoms with van der Waals surface area (Å²) >= 11 is 1.31. The van der Waals surface area contributed by atoms with Gasteiger partial charge in [-0.15, -0.1) is 11.3 Å². The predicted octanol–water partition coefficient (Wildman–Crippen LogP) is 2.90. The van der Waals surface area contributed by atoms with Crippen molar-refractivity contribution in [2.45, 2.75) is 32.7 Å². The molecule has 1 atom stereocenters. The van der Waals surface area contributed by atoms with Crippen molar-refractivity contribution < 1.29 is 9.21 Å². The Bertz CT molecular complexity index is 592. The minimum absolute atomic E-state index is 0.140. The second-order valence-corrected chi connectivity index (χ2v) is 6.85. The first-order valence-corrected chi connectivity index (χ1v) is 7.77. The molecule has 0 saturated heterocycles. The van der Waals surface area contributed by atoms with E-state index in [9.17, 15) is 4.79 Å². The third-order valence-electron chi connectivity index (χ3n) is 3.19. The summed E-state index contributed by atoms with van der Waals surface area (Å²) in [5, 5.41) is 3.72. The first-order chi connectivity index (χ1) is 9.93. The van der Waals surface area contributed by atoms with E-state index in [1.807, 2.05) is 13.0 Å². The molecule has 0 radical (unpaired) electrons. The van der Waals surface area contributed by atoms with Crippen molar-refractivity contribution in [1.29, 1.82) is 0 Å². The lowest BCUT2D eigenvalue weighted by Gasteiger charge is -2.30. The van der Waals surface area contributed by atoms with Crippen molar-refractivity contribution >= 4 is 17.2 Å². The summed E-state index contributed by atoms with van der Waals surface area (Å²) in [7, 11) is 0. The van der Waals surface area contributed by atoms with Crippen LogP contribution in [0.15, 0.2) is 29.0 Å². The summed E-state index contributed by atoms with van der Waals surface area (Å²) in [6, 6.07) is 3.62. The zero-order chi connectivity index (χ0) is 15.5. The third kappa shape index (κ3) is 3.92. The average molecular weight is 307 g/mol. The highest BCUT2D eigenvalue weighted by Crippen LogP contribution is 2.26. The molecule has 21 heavy (non-hydrogen) atoms. The SMILES string of the molecule is CC(C)CC(C)(CN)NC(=O)c1cnc(-c2ccco2)s1. The molecule has 0 bridgehead atoms. The third-order valence-corrected chi connectivity index (χ3v) is 4.20. The Morgan fingerprint density at radius 2 is 2.33 bits per heavy atom. The Morgan fingerprint density at radius 1 is 1.57 bits per heavy atom. The minimum Gasteiger partial charge on any atom is -0.462 e. The van der Waals surface area contributed by atoms with Crippen LogP contribution in [0.4, 0.5) is 0 Å². The van der Waals surface area contributed by atoms with Crippen LogP contribution < -0.4 is 11.1 Å². The number of hydrogen-bond acceptors (Lipinski definition) is 5. The predicted molar refractivity (Wildman–Crippen MR) is 84.2 cm³/mol. The van der Waals surface area contributed by atoms with Crippen LogP contribution in [0.3, 0.4) is 0 Å². The molecule has 0 aliphatic heterocycles. The lowest BCUT2D eigenvalue weighted by molar-refractivity contribution is 0.0902. The van der Waals surface area contributed by atoms with Crippen molar-refractivity contribution in [2.75, 3.05) is 6.54 Å². The van der Waals surface area contributed by atoms with Gasteiger partial charge in [0.15, 0.2) is 10.8 Å². The Balaban J connectivity index is 2.10. The van der Waals surface area contributed by atoms with Crippen molar-refractivity contribution in [2.24, 2.45) is 11.7 Å². The monoisotopic (exact) mass is 307 g/mol. The standard InChI is InChI=1S/C15H21N3O2S/c1-10(2)7-15(3,9-16)18-13(19)12-8-17-14(21-12)11-5-4-6-20-11/h4-6,8,10H,7,9,16H2,1-3H3,(H,18,19). The second-order valence-electron chi connectivity index (χ2n) is 5.82.